The van der Waals surface area contributed by atoms with Crippen LogP contribution >= 0.6 is 11.6 Å². The second kappa shape index (κ2) is 11.6. The van der Waals surface area contributed by atoms with Gasteiger partial charge in [0, 0.05) is 16.3 Å². The van der Waals surface area contributed by atoms with Gasteiger partial charge in [0.15, 0.2) is 6.61 Å². The first kappa shape index (κ1) is 27.1. The molecular formula is C28H22ClN3O7. The van der Waals surface area contributed by atoms with Gasteiger partial charge in [-0.15, -0.1) is 0 Å². The lowest BCUT2D eigenvalue weighted by molar-refractivity contribution is -0.122. The van der Waals surface area contributed by atoms with E-state index in [9.17, 15) is 24.0 Å². The van der Waals surface area contributed by atoms with E-state index in [0.717, 1.165) is 10.5 Å². The highest BCUT2D eigenvalue weighted by atomic mass is 35.5. The van der Waals surface area contributed by atoms with Crippen molar-refractivity contribution < 1.29 is 33.4 Å². The second-order valence-electron chi connectivity index (χ2n) is 8.38. The zero-order valence-electron chi connectivity index (χ0n) is 20.8. The first-order valence-electron chi connectivity index (χ1n) is 11.5. The van der Waals surface area contributed by atoms with Gasteiger partial charge in [-0.2, -0.15) is 0 Å². The predicted octanol–water partition coefficient (Wildman–Crippen LogP) is 4.12. The third-order valence-electron chi connectivity index (χ3n) is 5.61. The number of barbiturate groups is 1. The van der Waals surface area contributed by atoms with E-state index in [2.05, 4.69) is 15.4 Å². The molecule has 3 aromatic rings. The molecule has 0 atom stereocenters. The summed E-state index contributed by atoms with van der Waals surface area (Å²) in [6.07, 6.45) is 1.22. The van der Waals surface area contributed by atoms with Crippen LogP contribution in [0.15, 0.2) is 72.3 Å². The van der Waals surface area contributed by atoms with Crippen LogP contribution < -0.4 is 20.3 Å². The Bertz CT molecular complexity index is 1500. The van der Waals surface area contributed by atoms with Crippen LogP contribution in [0.3, 0.4) is 0 Å². The normalized spacial score (nSPS) is 14.2. The first-order valence-corrected chi connectivity index (χ1v) is 11.9. The molecule has 0 radical (unpaired) electrons. The predicted molar refractivity (Wildman–Crippen MR) is 144 cm³/mol. The molecule has 11 heteroatoms. The molecule has 2 N–H and O–H groups in total. The number of halogens is 1. The summed E-state index contributed by atoms with van der Waals surface area (Å²) in [5.74, 6) is -2.66. The Labute approximate surface area is 228 Å². The molecule has 39 heavy (non-hydrogen) atoms. The average Bonchev–Trinajstić information content (AvgIpc) is 2.91. The summed E-state index contributed by atoms with van der Waals surface area (Å²) in [5.41, 5.74) is 1.84. The maximum absolute atomic E-state index is 13.3. The largest absolute Gasteiger partial charge is 0.483 e. The first-order chi connectivity index (χ1) is 18.7. The fourth-order valence-electron chi connectivity index (χ4n) is 3.65. The summed E-state index contributed by atoms with van der Waals surface area (Å²) in [5, 5.41) is 5.12. The SMILES string of the molecule is COC(=O)c1ccc(N2C(=O)NC(=O)/C(=C\c3cc(Cl)ccc3OCC(=O)Nc3ccc(C)cc3)C2=O)cc1. The maximum atomic E-state index is 13.3. The Balaban J connectivity index is 1.57. The van der Waals surface area contributed by atoms with Crippen LogP contribution in [-0.2, 0) is 19.1 Å². The number of hydrogen-bond donors (Lipinski definition) is 2. The van der Waals surface area contributed by atoms with E-state index in [1.54, 1.807) is 12.1 Å². The number of aryl methyl sites for hydroxylation is 1. The molecule has 1 saturated heterocycles. The number of anilines is 2. The third kappa shape index (κ3) is 6.31. The van der Waals surface area contributed by atoms with E-state index in [0.29, 0.717) is 5.69 Å². The number of nitrogens with zero attached hydrogens (tertiary/aromatic N) is 1. The fourth-order valence-corrected chi connectivity index (χ4v) is 3.83. The fraction of sp³-hybridized carbons (Fsp3) is 0.107. The monoisotopic (exact) mass is 547 g/mol. The number of benzene rings is 3. The Morgan fingerprint density at radius 1 is 1.00 bits per heavy atom. The zero-order valence-corrected chi connectivity index (χ0v) is 21.6. The lowest BCUT2D eigenvalue weighted by Gasteiger charge is -2.26. The molecule has 4 rings (SSSR count). The molecule has 1 heterocycles. The molecule has 3 aromatic carbocycles. The topological polar surface area (TPSA) is 131 Å². The van der Waals surface area contributed by atoms with Crippen molar-refractivity contribution in [2.24, 2.45) is 0 Å². The van der Waals surface area contributed by atoms with Crippen LogP contribution in [0, 0.1) is 6.92 Å². The molecule has 1 aliphatic heterocycles. The minimum Gasteiger partial charge on any atom is -0.483 e. The van der Waals surface area contributed by atoms with Crippen molar-refractivity contribution in [1.82, 2.24) is 5.32 Å². The third-order valence-corrected chi connectivity index (χ3v) is 5.85. The molecule has 0 unspecified atom stereocenters. The lowest BCUT2D eigenvalue weighted by atomic mass is 10.1. The van der Waals surface area contributed by atoms with Gasteiger partial charge in [0.2, 0.25) is 0 Å². The van der Waals surface area contributed by atoms with Gasteiger partial charge in [0.1, 0.15) is 11.3 Å². The number of methoxy groups -OCH3 is 1. The number of nitrogens with one attached hydrogen (secondary N) is 2. The Hall–Kier alpha value is -4.96. The van der Waals surface area contributed by atoms with Gasteiger partial charge in [-0.1, -0.05) is 29.3 Å². The van der Waals surface area contributed by atoms with Crippen LogP contribution in [-0.4, -0.2) is 43.4 Å². The number of urea groups is 1. The van der Waals surface area contributed by atoms with Crippen molar-refractivity contribution in [3.63, 3.8) is 0 Å². The van der Waals surface area contributed by atoms with Gasteiger partial charge in [-0.25, -0.2) is 14.5 Å². The number of amides is 5. The van der Waals surface area contributed by atoms with E-state index in [4.69, 9.17) is 16.3 Å². The van der Waals surface area contributed by atoms with Crippen molar-refractivity contribution in [3.05, 3.63) is 94.0 Å². The second-order valence-corrected chi connectivity index (χ2v) is 8.82. The molecule has 0 aliphatic carbocycles. The van der Waals surface area contributed by atoms with Gasteiger partial charge in [0.05, 0.1) is 18.4 Å². The molecule has 1 aliphatic rings. The van der Waals surface area contributed by atoms with Crippen molar-refractivity contribution in [1.29, 1.82) is 0 Å². The van der Waals surface area contributed by atoms with E-state index < -0.39 is 29.7 Å². The number of carbonyl (C=O) groups is 5. The number of ether oxygens (including phenoxy) is 2. The van der Waals surface area contributed by atoms with E-state index in [-0.39, 0.29) is 39.8 Å². The summed E-state index contributed by atoms with van der Waals surface area (Å²) in [6, 6.07) is 16.3. The van der Waals surface area contributed by atoms with Crippen molar-refractivity contribution in [2.45, 2.75) is 6.92 Å². The van der Waals surface area contributed by atoms with Gasteiger partial charge in [-0.3, -0.25) is 19.7 Å². The standard InChI is InChI=1S/C28H22ClN3O7/c1-16-3-8-20(9-4-16)30-24(33)15-39-23-12-7-19(29)13-18(23)14-22-25(34)31-28(37)32(26(22)35)21-10-5-17(6-11-21)27(36)38-2/h3-14H,15H2,1-2H3,(H,30,33)(H,31,34,37)/b22-14+. The number of carbonyl (C=O) groups excluding carboxylic acids is 5. The van der Waals surface area contributed by atoms with E-state index in [1.165, 1.54) is 55.7 Å². The minimum absolute atomic E-state index is 0.124. The molecule has 5 amide bonds. The minimum atomic E-state index is -0.955. The van der Waals surface area contributed by atoms with Gasteiger partial charge in [-0.05, 0) is 67.6 Å². The molecule has 198 valence electrons. The van der Waals surface area contributed by atoms with Gasteiger partial charge >= 0.3 is 12.0 Å². The molecule has 1 fully saturated rings. The summed E-state index contributed by atoms with van der Waals surface area (Å²) >= 11 is 6.14. The van der Waals surface area contributed by atoms with Crippen molar-refractivity contribution >= 4 is 58.8 Å². The summed E-state index contributed by atoms with van der Waals surface area (Å²) < 4.78 is 10.3. The Morgan fingerprint density at radius 3 is 2.36 bits per heavy atom. The van der Waals surface area contributed by atoms with Gasteiger partial charge in [0.25, 0.3) is 17.7 Å². The quantitative estimate of drug-likeness (QED) is 0.258. The molecule has 0 saturated carbocycles. The average molecular weight is 548 g/mol. The number of rotatable bonds is 7. The van der Waals surface area contributed by atoms with Crippen molar-refractivity contribution in [2.75, 3.05) is 23.9 Å². The molecule has 10 nitrogen and oxygen atoms in total. The van der Waals surface area contributed by atoms with Crippen LogP contribution in [0.25, 0.3) is 6.08 Å². The zero-order chi connectivity index (χ0) is 28.1. The maximum Gasteiger partial charge on any atom is 0.337 e. The highest BCUT2D eigenvalue weighted by molar-refractivity contribution is 6.39. The van der Waals surface area contributed by atoms with E-state index >= 15 is 0 Å². The summed E-state index contributed by atoms with van der Waals surface area (Å²) in [6.45, 7) is 1.57. The van der Waals surface area contributed by atoms with Crippen LogP contribution in [0.4, 0.5) is 16.2 Å². The highest BCUT2D eigenvalue weighted by Crippen LogP contribution is 2.28. The molecular weight excluding hydrogens is 526 g/mol. The lowest BCUT2D eigenvalue weighted by Crippen LogP contribution is -2.54. The van der Waals surface area contributed by atoms with Crippen LogP contribution in [0.2, 0.25) is 5.02 Å². The number of esters is 1. The number of hydrogen-bond acceptors (Lipinski definition) is 7. The Morgan fingerprint density at radius 2 is 1.69 bits per heavy atom. The molecule has 0 bridgehead atoms. The van der Waals surface area contributed by atoms with Crippen LogP contribution in [0.1, 0.15) is 21.5 Å². The number of imide groups is 2. The summed E-state index contributed by atoms with van der Waals surface area (Å²) in [7, 11) is 1.23. The smallest absolute Gasteiger partial charge is 0.337 e. The molecule has 0 aromatic heterocycles. The van der Waals surface area contributed by atoms with Crippen molar-refractivity contribution in [3.8, 4) is 5.75 Å². The summed E-state index contributed by atoms with van der Waals surface area (Å²) in [4.78, 5) is 63.3. The highest BCUT2D eigenvalue weighted by Gasteiger charge is 2.37. The Kier molecular flexibility index (Phi) is 8.07. The van der Waals surface area contributed by atoms with Crippen LogP contribution in [0.5, 0.6) is 5.75 Å². The molecule has 0 spiro atoms. The van der Waals surface area contributed by atoms with E-state index in [1.807, 2.05) is 19.1 Å². The van der Waals surface area contributed by atoms with Gasteiger partial charge < -0.3 is 14.8 Å².